The lowest BCUT2D eigenvalue weighted by Crippen LogP contribution is -2.19. The average Bonchev–Trinajstić information content (AvgIpc) is 2.13. The highest BCUT2D eigenvalue weighted by Gasteiger charge is 2.27. The van der Waals surface area contributed by atoms with Crippen molar-refractivity contribution in [1.82, 2.24) is 0 Å². The SMILES string of the molecule is COc1cc(C(C)(C)O)c(F)c(F)c1F. The van der Waals surface area contributed by atoms with Gasteiger partial charge in [-0.2, -0.15) is 4.39 Å². The van der Waals surface area contributed by atoms with Crippen LogP contribution >= 0.6 is 0 Å². The molecule has 0 saturated carbocycles. The number of halogens is 3. The van der Waals surface area contributed by atoms with Gasteiger partial charge in [-0.15, -0.1) is 0 Å². The monoisotopic (exact) mass is 220 g/mol. The standard InChI is InChI=1S/C10H11F3O2/c1-10(2,14)5-4-6(15-3)8(12)9(13)7(5)11/h4,14H,1-3H3. The molecule has 15 heavy (non-hydrogen) atoms. The number of benzene rings is 1. The molecule has 0 aliphatic rings. The van der Waals surface area contributed by atoms with E-state index in [-0.39, 0.29) is 5.56 Å². The van der Waals surface area contributed by atoms with Crippen molar-refractivity contribution in [3.63, 3.8) is 0 Å². The average molecular weight is 220 g/mol. The molecule has 1 aromatic carbocycles. The molecule has 0 fully saturated rings. The molecule has 0 unspecified atom stereocenters. The Balaban J connectivity index is 3.49. The lowest BCUT2D eigenvalue weighted by Gasteiger charge is -2.19. The van der Waals surface area contributed by atoms with Crippen molar-refractivity contribution >= 4 is 0 Å². The summed E-state index contributed by atoms with van der Waals surface area (Å²) in [6.45, 7) is 2.53. The molecule has 0 saturated heterocycles. The number of hydrogen-bond donors (Lipinski definition) is 1. The van der Waals surface area contributed by atoms with Gasteiger partial charge in [-0.25, -0.2) is 8.78 Å². The van der Waals surface area contributed by atoms with Crippen LogP contribution in [0, 0.1) is 17.5 Å². The second-order valence-corrected chi connectivity index (χ2v) is 3.63. The van der Waals surface area contributed by atoms with Gasteiger partial charge in [0.05, 0.1) is 12.7 Å². The van der Waals surface area contributed by atoms with E-state index >= 15 is 0 Å². The van der Waals surface area contributed by atoms with Crippen LogP contribution in [0.15, 0.2) is 6.07 Å². The third-order valence-electron chi connectivity index (χ3n) is 1.99. The Bertz CT molecular complexity index is 383. The van der Waals surface area contributed by atoms with E-state index < -0.39 is 28.8 Å². The van der Waals surface area contributed by atoms with E-state index in [1.54, 1.807) is 0 Å². The van der Waals surface area contributed by atoms with Gasteiger partial charge in [-0.05, 0) is 19.9 Å². The summed E-state index contributed by atoms with van der Waals surface area (Å²) in [6, 6.07) is 0.938. The van der Waals surface area contributed by atoms with Crippen LogP contribution in [-0.4, -0.2) is 12.2 Å². The fourth-order valence-electron chi connectivity index (χ4n) is 1.17. The molecular formula is C10H11F3O2. The number of ether oxygens (including phenoxy) is 1. The minimum atomic E-state index is -1.65. The van der Waals surface area contributed by atoms with E-state index in [9.17, 15) is 18.3 Å². The largest absolute Gasteiger partial charge is 0.494 e. The molecule has 2 nitrogen and oxygen atoms in total. The molecule has 5 heteroatoms. The predicted molar refractivity (Wildman–Crippen MR) is 48.1 cm³/mol. The highest BCUT2D eigenvalue weighted by molar-refractivity contribution is 5.35. The van der Waals surface area contributed by atoms with E-state index in [4.69, 9.17) is 0 Å². The van der Waals surface area contributed by atoms with Gasteiger partial charge in [0.25, 0.3) is 0 Å². The molecule has 84 valence electrons. The van der Waals surface area contributed by atoms with Crippen molar-refractivity contribution in [2.75, 3.05) is 7.11 Å². The fourth-order valence-corrected chi connectivity index (χ4v) is 1.17. The predicted octanol–water partition coefficient (Wildman–Crippen LogP) is 2.34. The maximum absolute atomic E-state index is 13.2. The molecule has 1 rings (SSSR count). The summed E-state index contributed by atoms with van der Waals surface area (Å²) in [4.78, 5) is 0. The smallest absolute Gasteiger partial charge is 0.203 e. The maximum Gasteiger partial charge on any atom is 0.203 e. The van der Waals surface area contributed by atoms with Gasteiger partial charge in [0.2, 0.25) is 5.82 Å². The molecule has 0 amide bonds. The van der Waals surface area contributed by atoms with Crippen molar-refractivity contribution in [2.45, 2.75) is 19.4 Å². The Morgan fingerprint density at radius 3 is 2.07 bits per heavy atom. The summed E-state index contributed by atoms with van der Waals surface area (Å²) in [5.41, 5.74) is -1.95. The van der Waals surface area contributed by atoms with Crippen LogP contribution in [0.25, 0.3) is 0 Å². The summed E-state index contributed by atoms with van der Waals surface area (Å²) < 4.78 is 43.8. The van der Waals surface area contributed by atoms with Crippen LogP contribution in [0.5, 0.6) is 5.75 Å². The summed E-state index contributed by atoms with van der Waals surface area (Å²) in [5, 5.41) is 9.52. The summed E-state index contributed by atoms with van der Waals surface area (Å²) in [6.07, 6.45) is 0. The van der Waals surface area contributed by atoms with E-state index in [1.165, 1.54) is 13.8 Å². The highest BCUT2D eigenvalue weighted by atomic mass is 19.2. The molecule has 0 bridgehead atoms. The second kappa shape index (κ2) is 3.73. The Kier molecular flexibility index (Phi) is 2.95. The zero-order valence-electron chi connectivity index (χ0n) is 8.57. The van der Waals surface area contributed by atoms with Crippen LogP contribution in [0.2, 0.25) is 0 Å². The molecule has 1 aromatic rings. The minimum Gasteiger partial charge on any atom is -0.494 e. The lowest BCUT2D eigenvalue weighted by atomic mass is 9.97. The summed E-state index contributed by atoms with van der Waals surface area (Å²) >= 11 is 0. The maximum atomic E-state index is 13.2. The molecule has 0 aliphatic heterocycles. The highest BCUT2D eigenvalue weighted by Crippen LogP contribution is 2.31. The first kappa shape index (κ1) is 11.8. The topological polar surface area (TPSA) is 29.5 Å². The molecule has 0 aromatic heterocycles. The van der Waals surface area contributed by atoms with E-state index in [1.807, 2.05) is 0 Å². The number of hydrogen-bond acceptors (Lipinski definition) is 2. The third-order valence-corrected chi connectivity index (χ3v) is 1.99. The molecule has 0 aliphatic carbocycles. The lowest BCUT2D eigenvalue weighted by molar-refractivity contribution is 0.0730. The van der Waals surface area contributed by atoms with E-state index in [2.05, 4.69) is 4.74 Å². The van der Waals surface area contributed by atoms with Crippen LogP contribution in [0.3, 0.4) is 0 Å². The Morgan fingerprint density at radius 2 is 1.67 bits per heavy atom. The molecule has 0 atom stereocenters. The molecule has 0 spiro atoms. The van der Waals surface area contributed by atoms with Crippen molar-refractivity contribution in [1.29, 1.82) is 0 Å². The number of methoxy groups -OCH3 is 1. The van der Waals surface area contributed by atoms with Gasteiger partial charge in [-0.3, -0.25) is 0 Å². The molecule has 1 N–H and O–H groups in total. The molecule has 0 heterocycles. The van der Waals surface area contributed by atoms with Gasteiger partial charge in [0.15, 0.2) is 17.4 Å². The number of aliphatic hydroxyl groups is 1. The van der Waals surface area contributed by atoms with Crippen LogP contribution in [-0.2, 0) is 5.60 Å². The summed E-state index contributed by atoms with van der Waals surface area (Å²) in [5.74, 6) is -4.89. The third kappa shape index (κ3) is 2.07. The van der Waals surface area contributed by atoms with E-state index in [0.717, 1.165) is 13.2 Å². The van der Waals surface area contributed by atoms with E-state index in [0.29, 0.717) is 0 Å². The molecular weight excluding hydrogens is 209 g/mol. The quantitative estimate of drug-likeness (QED) is 0.775. The Morgan fingerprint density at radius 1 is 1.13 bits per heavy atom. The van der Waals surface area contributed by atoms with Crippen molar-refractivity contribution < 1.29 is 23.0 Å². The molecule has 0 radical (unpaired) electrons. The summed E-state index contributed by atoms with van der Waals surface area (Å²) in [7, 11) is 1.13. The van der Waals surface area contributed by atoms with Crippen molar-refractivity contribution in [3.8, 4) is 5.75 Å². The fraction of sp³-hybridized carbons (Fsp3) is 0.400. The van der Waals surface area contributed by atoms with Crippen LogP contribution in [0.4, 0.5) is 13.2 Å². The zero-order chi connectivity index (χ0) is 11.8. The first-order valence-electron chi connectivity index (χ1n) is 4.23. The Labute approximate surface area is 85.3 Å². The van der Waals surface area contributed by atoms with Crippen LogP contribution in [0.1, 0.15) is 19.4 Å². The van der Waals surface area contributed by atoms with Gasteiger partial charge >= 0.3 is 0 Å². The Hall–Kier alpha value is -1.23. The van der Waals surface area contributed by atoms with Gasteiger partial charge in [-0.1, -0.05) is 0 Å². The first-order chi connectivity index (χ1) is 6.79. The minimum absolute atomic E-state index is 0.349. The number of rotatable bonds is 2. The van der Waals surface area contributed by atoms with Gasteiger partial charge < -0.3 is 9.84 Å². The van der Waals surface area contributed by atoms with Gasteiger partial charge in [0.1, 0.15) is 0 Å². The van der Waals surface area contributed by atoms with Crippen LogP contribution < -0.4 is 4.74 Å². The normalized spacial score (nSPS) is 11.7. The van der Waals surface area contributed by atoms with Crippen molar-refractivity contribution in [2.24, 2.45) is 0 Å². The second-order valence-electron chi connectivity index (χ2n) is 3.63. The van der Waals surface area contributed by atoms with Gasteiger partial charge in [0, 0.05) is 5.56 Å². The first-order valence-corrected chi connectivity index (χ1v) is 4.23. The zero-order valence-corrected chi connectivity index (χ0v) is 8.57. The van der Waals surface area contributed by atoms with Crippen molar-refractivity contribution in [3.05, 3.63) is 29.1 Å².